The van der Waals surface area contributed by atoms with Crippen LogP contribution < -0.4 is 0 Å². The van der Waals surface area contributed by atoms with E-state index in [2.05, 4.69) is 0 Å². The molecule has 1 rings (SSSR count). The third-order valence-corrected chi connectivity index (χ3v) is 2.02. The monoisotopic (exact) mass is 218 g/mol. The summed E-state index contributed by atoms with van der Waals surface area (Å²) in [6, 6.07) is 6.41. The molecule has 0 saturated carbocycles. The van der Waals surface area contributed by atoms with Gasteiger partial charge in [0.25, 0.3) is 0 Å². The van der Waals surface area contributed by atoms with Crippen molar-refractivity contribution >= 4 is 0 Å². The molecule has 0 bridgehead atoms. The number of alkyl halides is 3. The highest BCUT2D eigenvalue weighted by Gasteiger charge is 2.27. The summed E-state index contributed by atoms with van der Waals surface area (Å²) in [5, 5.41) is 8.60. The van der Waals surface area contributed by atoms with Crippen molar-refractivity contribution in [1.82, 2.24) is 0 Å². The van der Waals surface area contributed by atoms with Gasteiger partial charge in [0.2, 0.25) is 0 Å². The zero-order valence-corrected chi connectivity index (χ0v) is 8.22. The van der Waals surface area contributed by atoms with Crippen molar-refractivity contribution in [3.63, 3.8) is 0 Å². The number of hydrogen-bond acceptors (Lipinski definition) is 1. The fraction of sp³-hybridized carbons (Fsp3) is 0.455. The minimum absolute atomic E-state index is 0.0590. The van der Waals surface area contributed by atoms with Crippen molar-refractivity contribution in [2.45, 2.75) is 25.4 Å². The van der Waals surface area contributed by atoms with Gasteiger partial charge in [-0.1, -0.05) is 24.3 Å². The largest absolute Gasteiger partial charge is 0.396 e. The molecule has 84 valence electrons. The fourth-order valence-corrected chi connectivity index (χ4v) is 1.41. The molecule has 0 amide bonds. The summed E-state index contributed by atoms with van der Waals surface area (Å²) in [7, 11) is 0. The molecule has 0 aromatic heterocycles. The van der Waals surface area contributed by atoms with Crippen molar-refractivity contribution < 1.29 is 18.3 Å². The maximum atomic E-state index is 12.1. The van der Waals surface area contributed by atoms with Crippen LogP contribution >= 0.6 is 0 Å². The van der Waals surface area contributed by atoms with Gasteiger partial charge in [-0.05, 0) is 24.0 Å². The van der Waals surface area contributed by atoms with E-state index >= 15 is 0 Å². The van der Waals surface area contributed by atoms with Crippen molar-refractivity contribution in [3.05, 3.63) is 35.4 Å². The van der Waals surface area contributed by atoms with E-state index in [4.69, 9.17) is 5.11 Å². The second kappa shape index (κ2) is 5.16. The fourth-order valence-electron chi connectivity index (χ4n) is 1.41. The first-order chi connectivity index (χ1) is 7.01. The Morgan fingerprint density at radius 1 is 1.13 bits per heavy atom. The number of hydrogen-bond donors (Lipinski definition) is 1. The molecule has 0 radical (unpaired) electrons. The number of aryl methyl sites for hydroxylation is 1. The molecule has 0 aliphatic carbocycles. The van der Waals surface area contributed by atoms with Crippen LogP contribution in [0.5, 0.6) is 0 Å². The number of aliphatic hydroxyl groups is 1. The van der Waals surface area contributed by atoms with Crippen LogP contribution in [0.15, 0.2) is 24.3 Å². The molecule has 1 aromatic rings. The number of halogens is 3. The summed E-state index contributed by atoms with van der Waals surface area (Å²) in [4.78, 5) is 0. The Balaban J connectivity index is 2.66. The molecule has 0 heterocycles. The quantitative estimate of drug-likeness (QED) is 0.823. The molecule has 0 aliphatic rings. The maximum Gasteiger partial charge on any atom is 0.393 e. The van der Waals surface area contributed by atoms with Gasteiger partial charge in [-0.25, -0.2) is 0 Å². The molecule has 15 heavy (non-hydrogen) atoms. The normalized spacial score (nSPS) is 11.7. The van der Waals surface area contributed by atoms with Gasteiger partial charge in [0.05, 0.1) is 6.42 Å². The minimum atomic E-state index is -4.16. The van der Waals surface area contributed by atoms with Crippen LogP contribution in [0.3, 0.4) is 0 Å². The first-order valence-corrected chi connectivity index (χ1v) is 4.77. The third-order valence-electron chi connectivity index (χ3n) is 2.02. The molecule has 1 aromatic carbocycles. The predicted octanol–water partition coefficient (Wildman–Crippen LogP) is 2.72. The average Bonchev–Trinajstić information content (AvgIpc) is 2.12. The van der Waals surface area contributed by atoms with Gasteiger partial charge in [0.1, 0.15) is 0 Å². The van der Waals surface area contributed by atoms with E-state index in [1.807, 2.05) is 0 Å². The van der Waals surface area contributed by atoms with Crippen molar-refractivity contribution in [2.75, 3.05) is 6.61 Å². The number of aliphatic hydroxyl groups excluding tert-OH is 1. The lowest BCUT2D eigenvalue weighted by atomic mass is 10.0. The molecule has 0 spiro atoms. The molecule has 0 unspecified atom stereocenters. The lowest BCUT2D eigenvalue weighted by molar-refractivity contribution is -0.127. The highest BCUT2D eigenvalue weighted by Crippen LogP contribution is 2.21. The summed E-state index contributed by atoms with van der Waals surface area (Å²) in [6.07, 6.45) is -3.85. The van der Waals surface area contributed by atoms with Crippen molar-refractivity contribution in [3.8, 4) is 0 Å². The predicted molar refractivity (Wildman–Crippen MR) is 51.6 cm³/mol. The highest BCUT2D eigenvalue weighted by atomic mass is 19.4. The summed E-state index contributed by atoms with van der Waals surface area (Å²) >= 11 is 0. The van der Waals surface area contributed by atoms with E-state index < -0.39 is 12.6 Å². The Kier molecular flexibility index (Phi) is 4.15. The van der Waals surface area contributed by atoms with Crippen molar-refractivity contribution in [2.24, 2.45) is 0 Å². The third kappa shape index (κ3) is 4.83. The number of benzene rings is 1. The summed E-state index contributed by atoms with van der Waals surface area (Å²) in [5.41, 5.74) is 1.11. The van der Waals surface area contributed by atoms with Crippen molar-refractivity contribution in [1.29, 1.82) is 0 Å². The van der Waals surface area contributed by atoms with E-state index in [1.54, 1.807) is 18.2 Å². The van der Waals surface area contributed by atoms with Gasteiger partial charge < -0.3 is 5.11 Å². The second-order valence-corrected chi connectivity index (χ2v) is 3.44. The molecule has 0 fully saturated rings. The Labute approximate surface area is 86.5 Å². The van der Waals surface area contributed by atoms with E-state index in [9.17, 15) is 13.2 Å². The Bertz CT molecular complexity index is 307. The molecule has 0 aliphatic heterocycles. The molecular formula is C11H13F3O. The first-order valence-electron chi connectivity index (χ1n) is 4.77. The summed E-state index contributed by atoms with van der Waals surface area (Å²) in [5.74, 6) is 0. The van der Waals surface area contributed by atoms with Gasteiger partial charge in [0, 0.05) is 6.61 Å². The summed E-state index contributed by atoms with van der Waals surface area (Å²) < 4.78 is 36.3. The number of rotatable bonds is 4. The second-order valence-electron chi connectivity index (χ2n) is 3.44. The van der Waals surface area contributed by atoms with E-state index in [0.29, 0.717) is 12.8 Å². The first kappa shape index (κ1) is 12.0. The average molecular weight is 218 g/mol. The smallest absolute Gasteiger partial charge is 0.393 e. The lowest BCUT2D eigenvalue weighted by Gasteiger charge is -2.07. The van der Waals surface area contributed by atoms with Gasteiger partial charge in [-0.3, -0.25) is 0 Å². The molecule has 0 saturated heterocycles. The summed E-state index contributed by atoms with van der Waals surface area (Å²) in [6.45, 7) is 0.0590. The van der Waals surface area contributed by atoms with Crippen LogP contribution in [-0.2, 0) is 12.8 Å². The molecule has 4 heteroatoms. The zero-order chi connectivity index (χ0) is 11.3. The molecule has 1 N–H and O–H groups in total. The van der Waals surface area contributed by atoms with Gasteiger partial charge >= 0.3 is 6.18 Å². The lowest BCUT2D eigenvalue weighted by Crippen LogP contribution is -2.11. The van der Waals surface area contributed by atoms with Crippen LogP contribution in [0, 0.1) is 0 Å². The Morgan fingerprint density at radius 2 is 1.80 bits per heavy atom. The van der Waals surface area contributed by atoms with Crippen LogP contribution in [-0.4, -0.2) is 17.9 Å². The Morgan fingerprint density at radius 3 is 2.40 bits per heavy atom. The molecule has 0 atom stereocenters. The van der Waals surface area contributed by atoms with E-state index in [1.165, 1.54) is 6.07 Å². The minimum Gasteiger partial charge on any atom is -0.396 e. The van der Waals surface area contributed by atoms with E-state index in [-0.39, 0.29) is 12.2 Å². The highest BCUT2D eigenvalue weighted by molar-refractivity contribution is 5.24. The van der Waals surface area contributed by atoms with Crippen LogP contribution in [0.2, 0.25) is 0 Å². The molecular weight excluding hydrogens is 205 g/mol. The molecule has 1 nitrogen and oxygen atoms in total. The topological polar surface area (TPSA) is 20.2 Å². The SMILES string of the molecule is OCCCc1cccc(CC(F)(F)F)c1. The van der Waals surface area contributed by atoms with Gasteiger partial charge in [-0.15, -0.1) is 0 Å². The van der Waals surface area contributed by atoms with Crippen LogP contribution in [0.25, 0.3) is 0 Å². The van der Waals surface area contributed by atoms with Crippen LogP contribution in [0.1, 0.15) is 17.5 Å². The van der Waals surface area contributed by atoms with E-state index in [0.717, 1.165) is 5.56 Å². The standard InChI is InChI=1S/C11H13F3O/c12-11(13,14)8-10-4-1-3-9(7-10)5-2-6-15/h1,3-4,7,15H,2,5-6,8H2. The zero-order valence-electron chi connectivity index (χ0n) is 8.22. The maximum absolute atomic E-state index is 12.1. The van der Waals surface area contributed by atoms with Gasteiger partial charge in [0.15, 0.2) is 0 Å². The van der Waals surface area contributed by atoms with Gasteiger partial charge in [-0.2, -0.15) is 13.2 Å². The Hall–Kier alpha value is -1.03. The van der Waals surface area contributed by atoms with Crippen LogP contribution in [0.4, 0.5) is 13.2 Å².